The van der Waals surface area contributed by atoms with Crippen molar-refractivity contribution in [3.05, 3.63) is 63.4 Å². The molecule has 0 N–H and O–H groups in total. The number of benzene rings is 2. The minimum absolute atomic E-state index is 0.0130. The van der Waals surface area contributed by atoms with Crippen molar-refractivity contribution in [3.8, 4) is 5.75 Å². The van der Waals surface area contributed by atoms with E-state index in [1.165, 1.54) is 5.56 Å². The molecule has 2 aromatic carbocycles. The molecular weight excluding hydrogens is 375 g/mol. The number of fused-ring (bicyclic) bond motifs is 1. The summed E-state index contributed by atoms with van der Waals surface area (Å²) in [5.41, 5.74) is 3.24. The Balaban J connectivity index is 1.94. The van der Waals surface area contributed by atoms with Crippen LogP contribution < -0.4 is 4.74 Å². The van der Waals surface area contributed by atoms with Gasteiger partial charge in [-0.15, -0.1) is 0 Å². The van der Waals surface area contributed by atoms with Gasteiger partial charge in [0.25, 0.3) is 0 Å². The van der Waals surface area contributed by atoms with Crippen molar-refractivity contribution >= 4 is 31.9 Å². The Kier molecular flexibility index (Phi) is 3.63. The third-order valence-electron chi connectivity index (χ3n) is 3.24. The fourth-order valence-corrected chi connectivity index (χ4v) is 3.04. The van der Waals surface area contributed by atoms with Crippen LogP contribution >= 0.6 is 31.9 Å². The maximum Gasteiger partial charge on any atom is 0.137 e. The Bertz CT molecular complexity index is 628. The number of hydrogen-bond donors (Lipinski definition) is 0. The van der Waals surface area contributed by atoms with Crippen LogP contribution in [0.25, 0.3) is 0 Å². The zero-order valence-electron chi connectivity index (χ0n) is 10.00. The van der Waals surface area contributed by atoms with E-state index in [-0.39, 0.29) is 10.6 Å². The predicted octanol–water partition coefficient (Wildman–Crippen LogP) is 5.01. The van der Waals surface area contributed by atoms with Gasteiger partial charge < -0.3 is 4.74 Å². The van der Waals surface area contributed by atoms with E-state index in [0.29, 0.717) is 4.47 Å². The second-order valence-electron chi connectivity index (χ2n) is 4.50. The molecule has 3 rings (SSSR count). The molecule has 1 unspecified atom stereocenters. The molecule has 0 fully saturated rings. The topological polar surface area (TPSA) is 9.23 Å². The fraction of sp³-hybridized carbons (Fsp3) is 0.200. The molecule has 98 valence electrons. The van der Waals surface area contributed by atoms with Crippen molar-refractivity contribution < 1.29 is 9.13 Å². The lowest BCUT2D eigenvalue weighted by Gasteiger charge is -2.12. The van der Waals surface area contributed by atoms with Gasteiger partial charge in [0.05, 0.1) is 15.9 Å². The minimum atomic E-state index is -0.244. The molecule has 0 saturated heterocycles. The maximum atomic E-state index is 13.6. The highest BCUT2D eigenvalue weighted by Gasteiger charge is 2.17. The van der Waals surface area contributed by atoms with E-state index in [2.05, 4.69) is 37.9 Å². The number of ether oxygens (including phenoxy) is 1. The van der Waals surface area contributed by atoms with Crippen molar-refractivity contribution in [2.75, 3.05) is 6.61 Å². The van der Waals surface area contributed by atoms with E-state index < -0.39 is 0 Å². The predicted molar refractivity (Wildman–Crippen MR) is 80.5 cm³/mol. The van der Waals surface area contributed by atoms with Crippen molar-refractivity contribution in [2.24, 2.45) is 0 Å². The van der Waals surface area contributed by atoms with Crippen molar-refractivity contribution in [2.45, 2.75) is 11.2 Å². The SMILES string of the molecule is Fc1cc(C(Br)c2ccc3c(c2)CCO3)ccc1Br. The molecule has 0 spiro atoms. The van der Waals surface area contributed by atoms with E-state index >= 15 is 0 Å². The summed E-state index contributed by atoms with van der Waals surface area (Å²) in [4.78, 5) is -0.0130. The van der Waals surface area contributed by atoms with Crippen molar-refractivity contribution in [1.29, 1.82) is 0 Å². The highest BCUT2D eigenvalue weighted by atomic mass is 79.9. The second kappa shape index (κ2) is 5.25. The third-order valence-corrected chi connectivity index (χ3v) is 4.94. The first-order valence-corrected chi connectivity index (χ1v) is 7.70. The van der Waals surface area contributed by atoms with Gasteiger partial charge in [0, 0.05) is 6.42 Å². The molecule has 1 aliphatic rings. The average molecular weight is 386 g/mol. The summed E-state index contributed by atoms with van der Waals surface area (Å²) >= 11 is 6.81. The van der Waals surface area contributed by atoms with Gasteiger partial charge in [-0.1, -0.05) is 34.1 Å². The molecule has 19 heavy (non-hydrogen) atoms. The Morgan fingerprint density at radius 2 is 1.84 bits per heavy atom. The molecule has 0 amide bonds. The Morgan fingerprint density at radius 3 is 2.63 bits per heavy atom. The zero-order chi connectivity index (χ0) is 13.4. The lowest BCUT2D eigenvalue weighted by molar-refractivity contribution is 0.357. The highest BCUT2D eigenvalue weighted by Crippen LogP contribution is 2.36. The molecule has 1 atom stereocenters. The monoisotopic (exact) mass is 384 g/mol. The van der Waals surface area contributed by atoms with Crippen LogP contribution in [0.15, 0.2) is 40.9 Å². The van der Waals surface area contributed by atoms with E-state index in [4.69, 9.17) is 4.74 Å². The summed E-state index contributed by atoms with van der Waals surface area (Å²) in [5, 5.41) is 0. The number of hydrogen-bond acceptors (Lipinski definition) is 1. The quantitative estimate of drug-likeness (QED) is 0.660. The first-order chi connectivity index (χ1) is 9.15. The van der Waals surface area contributed by atoms with Crippen molar-refractivity contribution in [1.82, 2.24) is 0 Å². The summed E-state index contributed by atoms with van der Waals surface area (Å²) < 4.78 is 19.6. The van der Waals surface area contributed by atoms with Gasteiger partial charge in [-0.3, -0.25) is 0 Å². The minimum Gasteiger partial charge on any atom is -0.493 e. The molecule has 0 aromatic heterocycles. The largest absolute Gasteiger partial charge is 0.493 e. The third kappa shape index (κ3) is 2.56. The molecule has 0 saturated carbocycles. The van der Waals surface area contributed by atoms with Crippen LogP contribution in [-0.2, 0) is 6.42 Å². The average Bonchev–Trinajstić information content (AvgIpc) is 2.88. The Hall–Kier alpha value is -0.870. The smallest absolute Gasteiger partial charge is 0.137 e. The van der Waals surface area contributed by atoms with Gasteiger partial charge in [0.1, 0.15) is 11.6 Å². The number of alkyl halides is 1. The molecule has 1 aliphatic heterocycles. The fourth-order valence-electron chi connectivity index (χ4n) is 2.23. The second-order valence-corrected chi connectivity index (χ2v) is 6.27. The number of rotatable bonds is 2. The van der Waals surface area contributed by atoms with Gasteiger partial charge in [0.2, 0.25) is 0 Å². The molecule has 1 heterocycles. The number of halogens is 3. The molecule has 0 radical (unpaired) electrons. The lowest BCUT2D eigenvalue weighted by atomic mass is 10.0. The van der Waals surface area contributed by atoms with Crippen LogP contribution in [-0.4, -0.2) is 6.61 Å². The standard InChI is InChI=1S/C15H11Br2FO/c16-12-3-1-11(8-13(12)18)15(17)10-2-4-14-9(7-10)5-6-19-14/h1-4,7-8,15H,5-6H2. The molecule has 0 bridgehead atoms. The van der Waals surface area contributed by atoms with Gasteiger partial charge in [0.15, 0.2) is 0 Å². The van der Waals surface area contributed by atoms with E-state index in [1.807, 2.05) is 18.2 Å². The van der Waals surface area contributed by atoms with Crippen LogP contribution in [0, 0.1) is 5.82 Å². The van der Waals surface area contributed by atoms with E-state index in [0.717, 1.165) is 29.9 Å². The van der Waals surface area contributed by atoms with Crippen molar-refractivity contribution in [3.63, 3.8) is 0 Å². The van der Waals surface area contributed by atoms with Crippen LogP contribution in [0.3, 0.4) is 0 Å². The van der Waals surface area contributed by atoms with Gasteiger partial charge >= 0.3 is 0 Å². The normalized spacial score (nSPS) is 14.9. The van der Waals surface area contributed by atoms with E-state index in [9.17, 15) is 4.39 Å². The van der Waals surface area contributed by atoms with Crippen LogP contribution in [0.1, 0.15) is 21.5 Å². The summed E-state index contributed by atoms with van der Waals surface area (Å²) in [6.07, 6.45) is 0.942. The molecule has 4 heteroatoms. The van der Waals surface area contributed by atoms with E-state index in [1.54, 1.807) is 12.1 Å². The Labute approximate surface area is 128 Å². The van der Waals surface area contributed by atoms with Gasteiger partial charge in [-0.25, -0.2) is 4.39 Å². The summed E-state index contributed by atoms with van der Waals surface area (Å²) in [6, 6.07) is 11.3. The first kappa shape index (κ1) is 13.1. The van der Waals surface area contributed by atoms with Gasteiger partial charge in [-0.05, 0) is 50.8 Å². The van der Waals surface area contributed by atoms with Crippen LogP contribution in [0.4, 0.5) is 4.39 Å². The first-order valence-electron chi connectivity index (χ1n) is 6.00. The molecular formula is C15H11Br2FO. The van der Waals surface area contributed by atoms with Gasteiger partial charge in [-0.2, -0.15) is 0 Å². The summed E-state index contributed by atoms with van der Waals surface area (Å²) in [5.74, 6) is 0.719. The molecule has 1 nitrogen and oxygen atoms in total. The zero-order valence-corrected chi connectivity index (χ0v) is 13.2. The summed E-state index contributed by atoms with van der Waals surface area (Å²) in [6.45, 7) is 0.749. The Morgan fingerprint density at radius 1 is 1.11 bits per heavy atom. The maximum absolute atomic E-state index is 13.6. The highest BCUT2D eigenvalue weighted by molar-refractivity contribution is 9.10. The summed E-state index contributed by atoms with van der Waals surface area (Å²) in [7, 11) is 0. The molecule has 0 aliphatic carbocycles. The van der Waals surface area contributed by atoms with Crippen LogP contribution in [0.2, 0.25) is 0 Å². The lowest BCUT2D eigenvalue weighted by Crippen LogP contribution is -1.95. The molecule has 2 aromatic rings. The van der Waals surface area contributed by atoms with Crippen LogP contribution in [0.5, 0.6) is 5.75 Å².